The van der Waals surface area contributed by atoms with Crippen LogP contribution in [-0.4, -0.2) is 25.8 Å². The molecule has 0 bridgehead atoms. The Labute approximate surface area is 87.5 Å². The minimum Gasteiger partial charge on any atom is -0.480 e. The van der Waals surface area contributed by atoms with E-state index in [1.54, 1.807) is 18.3 Å². The van der Waals surface area contributed by atoms with Crippen LogP contribution in [0.2, 0.25) is 0 Å². The van der Waals surface area contributed by atoms with E-state index in [2.05, 4.69) is 26.0 Å². The Morgan fingerprint density at radius 1 is 1.57 bits per heavy atom. The number of fused-ring (bicyclic) bond motifs is 1. The topological polar surface area (TPSA) is 68.0 Å². The molecule has 0 aromatic carbocycles. The highest BCUT2D eigenvalue weighted by Gasteiger charge is 2.06. The molecule has 14 heavy (non-hydrogen) atoms. The maximum atomic E-state index is 10.5. The average Bonchev–Trinajstić information content (AvgIpc) is 2.47. The number of rotatable bonds is 2. The molecule has 0 aliphatic rings. The van der Waals surface area contributed by atoms with Crippen LogP contribution in [0.5, 0.6) is 0 Å². The second-order valence-electron chi connectivity index (χ2n) is 2.73. The van der Waals surface area contributed by atoms with Gasteiger partial charge in [-0.05, 0) is 28.1 Å². The molecule has 1 N–H and O–H groups in total. The molecule has 0 unspecified atom stereocenters. The summed E-state index contributed by atoms with van der Waals surface area (Å²) in [5.41, 5.74) is 1.40. The quantitative estimate of drug-likeness (QED) is 0.822. The molecule has 5 nitrogen and oxygen atoms in total. The Bertz CT molecular complexity index is 494. The van der Waals surface area contributed by atoms with E-state index in [-0.39, 0.29) is 6.54 Å². The Balaban J connectivity index is 2.52. The molecule has 0 fully saturated rings. The van der Waals surface area contributed by atoms with Crippen LogP contribution in [0, 0.1) is 0 Å². The number of carbonyl (C=O) groups is 1. The highest BCUT2D eigenvalue weighted by Crippen LogP contribution is 2.14. The van der Waals surface area contributed by atoms with Crippen LogP contribution in [0.3, 0.4) is 0 Å². The summed E-state index contributed by atoms with van der Waals surface area (Å²) in [5.74, 6) is -0.919. The van der Waals surface area contributed by atoms with Gasteiger partial charge in [-0.2, -0.15) is 5.10 Å². The summed E-state index contributed by atoms with van der Waals surface area (Å²) >= 11 is 3.23. The van der Waals surface area contributed by atoms with Crippen LogP contribution in [0.15, 0.2) is 22.9 Å². The van der Waals surface area contributed by atoms with Gasteiger partial charge in [0.15, 0.2) is 0 Å². The molecule has 2 heterocycles. The lowest BCUT2D eigenvalue weighted by Gasteiger charge is -1.97. The zero-order valence-corrected chi connectivity index (χ0v) is 8.60. The number of hydrogen-bond donors (Lipinski definition) is 1. The van der Waals surface area contributed by atoms with E-state index in [4.69, 9.17) is 5.11 Å². The van der Waals surface area contributed by atoms with Crippen molar-refractivity contribution in [1.29, 1.82) is 0 Å². The first kappa shape index (κ1) is 9.14. The van der Waals surface area contributed by atoms with E-state index in [0.29, 0.717) is 10.1 Å². The van der Waals surface area contributed by atoms with Gasteiger partial charge in [-0.15, -0.1) is 0 Å². The van der Waals surface area contributed by atoms with E-state index in [0.717, 1.165) is 5.52 Å². The molecule has 2 aromatic rings. The van der Waals surface area contributed by atoms with E-state index >= 15 is 0 Å². The number of aliphatic carboxylic acids is 1. The molecule has 0 amide bonds. The molecule has 0 atom stereocenters. The lowest BCUT2D eigenvalue weighted by molar-refractivity contribution is -0.137. The predicted molar refractivity (Wildman–Crippen MR) is 52.9 cm³/mol. The smallest absolute Gasteiger partial charge is 0.325 e. The monoisotopic (exact) mass is 255 g/mol. The second-order valence-corrected chi connectivity index (χ2v) is 3.55. The third-order valence-electron chi connectivity index (χ3n) is 1.75. The second kappa shape index (κ2) is 3.38. The Hall–Kier alpha value is -1.43. The predicted octanol–water partition coefficient (Wildman–Crippen LogP) is 1.28. The molecule has 0 spiro atoms. The summed E-state index contributed by atoms with van der Waals surface area (Å²) in [6, 6.07) is 3.53. The van der Waals surface area contributed by atoms with Crippen molar-refractivity contribution in [3.05, 3.63) is 22.9 Å². The summed E-state index contributed by atoms with van der Waals surface area (Å²) in [6.45, 7) is -0.146. The van der Waals surface area contributed by atoms with E-state index in [1.165, 1.54) is 4.68 Å². The average molecular weight is 256 g/mol. The number of nitrogens with zero attached hydrogens (tertiary/aromatic N) is 3. The van der Waals surface area contributed by atoms with Gasteiger partial charge in [-0.1, -0.05) is 0 Å². The van der Waals surface area contributed by atoms with Gasteiger partial charge in [0.05, 0.1) is 11.7 Å². The summed E-state index contributed by atoms with van der Waals surface area (Å²) < 4.78 is 2.11. The van der Waals surface area contributed by atoms with Gasteiger partial charge in [0.25, 0.3) is 0 Å². The fraction of sp³-hybridized carbons (Fsp3) is 0.125. The minimum atomic E-state index is -0.919. The van der Waals surface area contributed by atoms with Gasteiger partial charge >= 0.3 is 5.97 Å². The molecule has 0 saturated carbocycles. The van der Waals surface area contributed by atoms with Gasteiger partial charge in [-0.3, -0.25) is 9.48 Å². The van der Waals surface area contributed by atoms with Gasteiger partial charge in [0, 0.05) is 0 Å². The molecule has 0 saturated heterocycles. The third kappa shape index (κ3) is 1.60. The third-order valence-corrected chi connectivity index (χ3v) is 2.19. The van der Waals surface area contributed by atoms with Gasteiger partial charge in [-0.25, -0.2) is 4.98 Å². The summed E-state index contributed by atoms with van der Waals surface area (Å²) in [6.07, 6.45) is 1.54. The van der Waals surface area contributed by atoms with Crippen LogP contribution in [0.25, 0.3) is 11.0 Å². The summed E-state index contributed by atoms with van der Waals surface area (Å²) in [7, 11) is 0. The largest absolute Gasteiger partial charge is 0.480 e. The maximum Gasteiger partial charge on any atom is 0.325 e. The van der Waals surface area contributed by atoms with Gasteiger partial charge < -0.3 is 5.11 Å². The minimum absolute atomic E-state index is 0.146. The number of pyridine rings is 1. The molecule has 2 rings (SSSR count). The van der Waals surface area contributed by atoms with Crippen LogP contribution in [0.4, 0.5) is 0 Å². The highest BCUT2D eigenvalue weighted by molar-refractivity contribution is 9.10. The standard InChI is InChI=1S/C8H6BrN3O2/c9-7-2-1-6-5(11-7)3-10-12(6)4-8(13)14/h1-3H,4H2,(H,13,14). The van der Waals surface area contributed by atoms with E-state index in [9.17, 15) is 4.79 Å². The molecule has 0 radical (unpaired) electrons. The first-order chi connectivity index (χ1) is 6.66. The summed E-state index contributed by atoms with van der Waals surface area (Å²) in [4.78, 5) is 14.6. The molecular weight excluding hydrogens is 250 g/mol. The molecule has 2 aromatic heterocycles. The fourth-order valence-corrected chi connectivity index (χ4v) is 1.52. The zero-order chi connectivity index (χ0) is 10.1. The Morgan fingerprint density at radius 3 is 3.07 bits per heavy atom. The Morgan fingerprint density at radius 2 is 2.36 bits per heavy atom. The zero-order valence-electron chi connectivity index (χ0n) is 7.01. The maximum absolute atomic E-state index is 10.5. The highest BCUT2D eigenvalue weighted by atomic mass is 79.9. The molecular formula is C8H6BrN3O2. The van der Waals surface area contributed by atoms with Crippen molar-refractivity contribution in [3.8, 4) is 0 Å². The van der Waals surface area contributed by atoms with Crippen LogP contribution >= 0.6 is 15.9 Å². The number of halogens is 1. The van der Waals surface area contributed by atoms with Crippen molar-refractivity contribution in [3.63, 3.8) is 0 Å². The first-order valence-corrected chi connectivity index (χ1v) is 4.66. The Kier molecular flexibility index (Phi) is 2.20. The van der Waals surface area contributed by atoms with Gasteiger partial charge in [0.2, 0.25) is 0 Å². The summed E-state index contributed by atoms with van der Waals surface area (Å²) in [5, 5.41) is 12.5. The van der Waals surface area contributed by atoms with E-state index in [1.807, 2.05) is 0 Å². The van der Waals surface area contributed by atoms with Crippen molar-refractivity contribution in [2.75, 3.05) is 0 Å². The van der Waals surface area contributed by atoms with E-state index < -0.39 is 5.97 Å². The van der Waals surface area contributed by atoms with Crippen molar-refractivity contribution < 1.29 is 9.90 Å². The number of carboxylic acid groups (broad SMARTS) is 1. The SMILES string of the molecule is O=C(O)Cn1ncc2nc(Br)ccc21. The molecule has 72 valence electrons. The lowest BCUT2D eigenvalue weighted by atomic mass is 10.4. The lowest BCUT2D eigenvalue weighted by Crippen LogP contribution is -2.09. The molecule has 0 aliphatic heterocycles. The first-order valence-electron chi connectivity index (χ1n) is 3.86. The number of aromatic nitrogens is 3. The normalized spacial score (nSPS) is 10.6. The molecule has 6 heteroatoms. The van der Waals surface area contributed by atoms with Crippen LogP contribution in [0.1, 0.15) is 0 Å². The molecule has 0 aliphatic carbocycles. The van der Waals surface area contributed by atoms with Crippen molar-refractivity contribution >= 4 is 32.9 Å². The van der Waals surface area contributed by atoms with Crippen molar-refractivity contribution in [1.82, 2.24) is 14.8 Å². The van der Waals surface area contributed by atoms with Crippen molar-refractivity contribution in [2.24, 2.45) is 0 Å². The van der Waals surface area contributed by atoms with Crippen LogP contribution < -0.4 is 0 Å². The number of hydrogen-bond acceptors (Lipinski definition) is 3. The van der Waals surface area contributed by atoms with Gasteiger partial charge in [0.1, 0.15) is 16.7 Å². The van der Waals surface area contributed by atoms with Crippen molar-refractivity contribution in [2.45, 2.75) is 6.54 Å². The number of carboxylic acids is 1. The van der Waals surface area contributed by atoms with Crippen LogP contribution in [-0.2, 0) is 11.3 Å². The fourth-order valence-electron chi connectivity index (χ4n) is 1.20.